The molecular formula is C24H21N3O4S2. The van der Waals surface area contributed by atoms with Crippen molar-refractivity contribution in [1.29, 1.82) is 0 Å². The van der Waals surface area contributed by atoms with E-state index in [0.717, 1.165) is 33.7 Å². The van der Waals surface area contributed by atoms with Crippen molar-refractivity contribution in [1.82, 2.24) is 14.7 Å². The summed E-state index contributed by atoms with van der Waals surface area (Å²) in [4.78, 5) is 25.3. The third-order valence-electron chi connectivity index (χ3n) is 4.72. The zero-order valence-electron chi connectivity index (χ0n) is 18.0. The van der Waals surface area contributed by atoms with Gasteiger partial charge in [0.05, 0.1) is 22.4 Å². The van der Waals surface area contributed by atoms with Gasteiger partial charge in [-0.1, -0.05) is 42.2 Å². The average molecular weight is 480 g/mol. The maximum absolute atomic E-state index is 12.8. The maximum atomic E-state index is 12.8. The lowest BCUT2D eigenvalue weighted by Gasteiger charge is -2.10. The molecule has 0 spiro atoms. The molecule has 7 nitrogen and oxygen atoms in total. The number of hydrogen-bond donors (Lipinski definition) is 1. The van der Waals surface area contributed by atoms with Crippen LogP contribution in [0.15, 0.2) is 65.7 Å². The van der Waals surface area contributed by atoms with E-state index >= 15 is 0 Å². The molecule has 0 saturated carbocycles. The predicted octanol–water partition coefficient (Wildman–Crippen LogP) is 4.61. The van der Waals surface area contributed by atoms with Crippen molar-refractivity contribution < 1.29 is 19.4 Å². The van der Waals surface area contributed by atoms with Crippen LogP contribution in [0.4, 0.5) is 0 Å². The second kappa shape index (κ2) is 9.60. The van der Waals surface area contributed by atoms with Gasteiger partial charge >= 0.3 is 5.97 Å². The number of carbonyl (C=O) groups excluding carboxylic acids is 1. The van der Waals surface area contributed by atoms with Crippen molar-refractivity contribution in [3.8, 4) is 22.7 Å². The first kappa shape index (κ1) is 22.8. The highest BCUT2D eigenvalue weighted by molar-refractivity contribution is 8.26. The van der Waals surface area contributed by atoms with Crippen molar-refractivity contribution in [3.05, 3.63) is 71.3 Å². The van der Waals surface area contributed by atoms with Gasteiger partial charge in [0.1, 0.15) is 16.6 Å². The first-order valence-corrected chi connectivity index (χ1v) is 11.4. The summed E-state index contributed by atoms with van der Waals surface area (Å²) in [5.74, 6) is -0.785. The van der Waals surface area contributed by atoms with Crippen LogP contribution < -0.4 is 4.74 Å². The number of carboxylic acid groups (broad SMARTS) is 1. The Labute approximate surface area is 200 Å². The van der Waals surface area contributed by atoms with Crippen LogP contribution in [0.1, 0.15) is 19.4 Å². The summed E-state index contributed by atoms with van der Waals surface area (Å²) in [7, 11) is 0. The number of amides is 1. The summed E-state index contributed by atoms with van der Waals surface area (Å²) in [6, 6.07) is 17.2. The minimum atomic E-state index is -1.12. The fraction of sp³-hybridized carbons (Fsp3) is 0.167. The van der Waals surface area contributed by atoms with Crippen molar-refractivity contribution in [2.24, 2.45) is 0 Å². The minimum absolute atomic E-state index is 0.0661. The second-order valence-corrected chi connectivity index (χ2v) is 9.24. The van der Waals surface area contributed by atoms with E-state index in [0.29, 0.717) is 16.2 Å². The topological polar surface area (TPSA) is 84.7 Å². The van der Waals surface area contributed by atoms with Crippen LogP contribution in [0.5, 0.6) is 5.75 Å². The Bertz CT molecular complexity index is 1230. The number of aromatic nitrogens is 2. The molecule has 1 saturated heterocycles. The van der Waals surface area contributed by atoms with Gasteiger partial charge in [0, 0.05) is 17.3 Å². The molecule has 0 radical (unpaired) electrons. The Morgan fingerprint density at radius 2 is 1.88 bits per heavy atom. The van der Waals surface area contributed by atoms with Crippen molar-refractivity contribution in [3.63, 3.8) is 0 Å². The average Bonchev–Trinajstić information content (AvgIpc) is 3.31. The number of aliphatic carboxylic acids is 1. The van der Waals surface area contributed by atoms with Gasteiger partial charge in [0.25, 0.3) is 5.91 Å². The van der Waals surface area contributed by atoms with Crippen LogP contribution in [0.25, 0.3) is 23.0 Å². The number of ether oxygens (including phenoxy) is 1. The molecule has 0 unspecified atom stereocenters. The van der Waals surface area contributed by atoms with E-state index < -0.39 is 18.4 Å². The lowest BCUT2D eigenvalue weighted by atomic mass is 10.1. The summed E-state index contributed by atoms with van der Waals surface area (Å²) in [5, 5.41) is 13.8. The van der Waals surface area contributed by atoms with E-state index in [9.17, 15) is 9.59 Å². The fourth-order valence-electron chi connectivity index (χ4n) is 3.31. The summed E-state index contributed by atoms with van der Waals surface area (Å²) in [6.07, 6.45) is 3.62. The molecule has 3 aromatic rings. The Balaban J connectivity index is 1.75. The van der Waals surface area contributed by atoms with Crippen molar-refractivity contribution >= 4 is 46.3 Å². The standard InChI is InChI=1S/C24H21N3O4S2/c1-15(2)31-19-10-8-16(9-11-19)22-17(13-27(25-22)18-6-4-3-5-7-18)12-20-23(30)26(14-21(28)29)24(32)33-20/h3-13,15H,14H2,1-2H3,(H,28,29)/b20-12-. The molecule has 1 aliphatic rings. The largest absolute Gasteiger partial charge is 0.491 e. The molecule has 2 heterocycles. The number of benzene rings is 2. The molecule has 0 atom stereocenters. The van der Waals surface area contributed by atoms with E-state index in [2.05, 4.69) is 0 Å². The van der Waals surface area contributed by atoms with E-state index in [1.807, 2.05) is 74.6 Å². The Kier molecular flexibility index (Phi) is 6.62. The van der Waals surface area contributed by atoms with E-state index in [1.165, 1.54) is 0 Å². The number of thiocarbonyl (C=S) groups is 1. The summed E-state index contributed by atoms with van der Waals surface area (Å²) >= 11 is 6.30. The Morgan fingerprint density at radius 3 is 2.52 bits per heavy atom. The monoisotopic (exact) mass is 479 g/mol. The highest BCUT2D eigenvalue weighted by Gasteiger charge is 2.33. The first-order valence-electron chi connectivity index (χ1n) is 10.2. The Morgan fingerprint density at radius 1 is 1.18 bits per heavy atom. The molecule has 168 valence electrons. The summed E-state index contributed by atoms with van der Waals surface area (Å²) in [5.41, 5.74) is 3.12. The van der Waals surface area contributed by atoms with Gasteiger partial charge in [-0.2, -0.15) is 5.10 Å². The van der Waals surface area contributed by atoms with Crippen LogP contribution in [-0.4, -0.2) is 48.6 Å². The van der Waals surface area contributed by atoms with Gasteiger partial charge < -0.3 is 9.84 Å². The molecule has 33 heavy (non-hydrogen) atoms. The lowest BCUT2D eigenvalue weighted by Crippen LogP contribution is -2.33. The minimum Gasteiger partial charge on any atom is -0.491 e. The number of rotatable bonds is 7. The van der Waals surface area contributed by atoms with Gasteiger partial charge in [-0.3, -0.25) is 14.5 Å². The van der Waals surface area contributed by atoms with Crippen LogP contribution in [-0.2, 0) is 9.59 Å². The van der Waals surface area contributed by atoms with E-state index in [1.54, 1.807) is 10.8 Å². The van der Waals surface area contributed by atoms with E-state index in [-0.39, 0.29) is 10.4 Å². The smallest absolute Gasteiger partial charge is 0.323 e. The molecule has 1 fully saturated rings. The Hall–Kier alpha value is -3.43. The quantitative estimate of drug-likeness (QED) is 0.391. The highest BCUT2D eigenvalue weighted by atomic mass is 32.2. The van der Waals surface area contributed by atoms with E-state index in [4.69, 9.17) is 27.2 Å². The van der Waals surface area contributed by atoms with Gasteiger partial charge in [0.2, 0.25) is 0 Å². The molecule has 1 amide bonds. The second-order valence-electron chi connectivity index (χ2n) is 7.57. The van der Waals surface area contributed by atoms with Crippen LogP contribution in [0.2, 0.25) is 0 Å². The third-order valence-corrected chi connectivity index (χ3v) is 6.09. The van der Waals surface area contributed by atoms with Crippen LogP contribution in [0.3, 0.4) is 0 Å². The maximum Gasteiger partial charge on any atom is 0.323 e. The van der Waals surface area contributed by atoms with Crippen molar-refractivity contribution in [2.45, 2.75) is 20.0 Å². The zero-order chi connectivity index (χ0) is 23.5. The number of carbonyl (C=O) groups is 2. The number of hydrogen-bond acceptors (Lipinski definition) is 6. The fourth-order valence-corrected chi connectivity index (χ4v) is 4.55. The number of carboxylic acids is 1. The summed E-state index contributed by atoms with van der Waals surface area (Å²) < 4.78 is 7.70. The highest BCUT2D eigenvalue weighted by Crippen LogP contribution is 2.35. The first-order chi connectivity index (χ1) is 15.8. The van der Waals surface area contributed by atoms with Gasteiger partial charge in [-0.15, -0.1) is 0 Å². The zero-order valence-corrected chi connectivity index (χ0v) is 19.6. The molecule has 0 aliphatic carbocycles. The number of nitrogens with zero attached hydrogens (tertiary/aromatic N) is 3. The van der Waals surface area contributed by atoms with Gasteiger partial charge in [-0.05, 0) is 56.3 Å². The third kappa shape index (κ3) is 5.15. The van der Waals surface area contributed by atoms with Crippen LogP contribution >= 0.6 is 24.0 Å². The van der Waals surface area contributed by atoms with Crippen LogP contribution in [0, 0.1) is 0 Å². The molecule has 9 heteroatoms. The molecule has 1 N–H and O–H groups in total. The number of para-hydroxylation sites is 1. The lowest BCUT2D eigenvalue weighted by molar-refractivity contribution is -0.140. The van der Waals surface area contributed by atoms with Crippen molar-refractivity contribution in [2.75, 3.05) is 6.54 Å². The molecule has 1 aliphatic heterocycles. The summed E-state index contributed by atoms with van der Waals surface area (Å²) in [6.45, 7) is 3.47. The molecular weight excluding hydrogens is 458 g/mol. The number of thioether (sulfide) groups is 1. The molecule has 1 aromatic heterocycles. The molecule has 4 rings (SSSR count). The predicted molar refractivity (Wildman–Crippen MR) is 132 cm³/mol. The van der Waals surface area contributed by atoms with Gasteiger partial charge in [-0.25, -0.2) is 4.68 Å². The molecule has 0 bridgehead atoms. The van der Waals surface area contributed by atoms with Gasteiger partial charge in [0.15, 0.2) is 0 Å². The molecule has 2 aromatic carbocycles. The SMILES string of the molecule is CC(C)Oc1ccc(-c2nn(-c3ccccc3)cc2/C=C2\SC(=S)N(CC(=O)O)C2=O)cc1. The normalized spacial score (nSPS) is 15.0.